The second-order valence-corrected chi connectivity index (χ2v) is 4.00. The number of rotatable bonds is 4. The van der Waals surface area contributed by atoms with E-state index in [0.717, 1.165) is 0 Å². The molecule has 2 aromatic carbocycles. The molecule has 6 heteroatoms. The van der Waals surface area contributed by atoms with Gasteiger partial charge in [0.1, 0.15) is 0 Å². The maximum atomic E-state index is 11.1. The summed E-state index contributed by atoms with van der Waals surface area (Å²) in [5.74, 6) is 0. The van der Waals surface area contributed by atoms with Gasteiger partial charge in [0, 0.05) is 18.2 Å². The molecule has 0 fully saturated rings. The molecule has 0 saturated carbocycles. The van der Waals surface area contributed by atoms with E-state index in [1.165, 1.54) is 30.3 Å². The Balaban J connectivity index is 2.41. The Morgan fingerprint density at radius 3 is 2.00 bits per heavy atom. The van der Waals surface area contributed by atoms with Crippen molar-refractivity contribution in [3.8, 4) is 0 Å². The average molecular weight is 270 g/mol. The molecule has 0 radical (unpaired) electrons. The first-order chi connectivity index (χ1) is 9.58. The standard InChI is InChI=1S/C14H10N2O4/c17-15(18)13-8-6-12(7-9-13)14(16(19)20)10-11-4-2-1-3-5-11/h1-10H/b14-10-. The summed E-state index contributed by atoms with van der Waals surface area (Å²) in [6, 6.07) is 14.1. The Morgan fingerprint density at radius 2 is 1.50 bits per heavy atom. The Labute approximate surface area is 114 Å². The minimum Gasteiger partial charge on any atom is -0.258 e. The third-order valence-corrected chi connectivity index (χ3v) is 2.67. The van der Waals surface area contributed by atoms with Gasteiger partial charge in [-0.3, -0.25) is 20.2 Å². The summed E-state index contributed by atoms with van der Waals surface area (Å²) in [5.41, 5.74) is 0.810. The zero-order valence-electron chi connectivity index (χ0n) is 10.3. The summed E-state index contributed by atoms with van der Waals surface area (Å²) in [6.07, 6.45) is 1.43. The van der Waals surface area contributed by atoms with Gasteiger partial charge in [0.2, 0.25) is 0 Å². The van der Waals surface area contributed by atoms with Crippen LogP contribution in [0.15, 0.2) is 54.6 Å². The Morgan fingerprint density at radius 1 is 0.900 bits per heavy atom. The van der Waals surface area contributed by atoms with Crippen molar-refractivity contribution in [3.05, 3.63) is 86.0 Å². The lowest BCUT2D eigenvalue weighted by atomic mass is 10.1. The fourth-order valence-electron chi connectivity index (χ4n) is 1.70. The summed E-state index contributed by atoms with van der Waals surface area (Å²) < 4.78 is 0. The van der Waals surface area contributed by atoms with E-state index in [1.54, 1.807) is 24.3 Å². The fraction of sp³-hybridized carbons (Fsp3) is 0. The van der Waals surface area contributed by atoms with Crippen LogP contribution in [0.1, 0.15) is 11.1 Å². The molecular formula is C14H10N2O4. The van der Waals surface area contributed by atoms with E-state index in [-0.39, 0.29) is 11.4 Å². The summed E-state index contributed by atoms with van der Waals surface area (Å²) in [6.45, 7) is 0. The molecule has 0 amide bonds. The molecule has 100 valence electrons. The van der Waals surface area contributed by atoms with E-state index in [0.29, 0.717) is 11.1 Å². The van der Waals surface area contributed by atoms with E-state index < -0.39 is 9.85 Å². The third-order valence-electron chi connectivity index (χ3n) is 2.67. The van der Waals surface area contributed by atoms with Gasteiger partial charge in [-0.15, -0.1) is 0 Å². The molecule has 0 bridgehead atoms. The van der Waals surface area contributed by atoms with Crippen molar-refractivity contribution in [3.63, 3.8) is 0 Å². The highest BCUT2D eigenvalue weighted by molar-refractivity contribution is 5.76. The monoisotopic (exact) mass is 270 g/mol. The minimum atomic E-state index is -0.545. The van der Waals surface area contributed by atoms with Crippen LogP contribution < -0.4 is 0 Å². The van der Waals surface area contributed by atoms with Crippen LogP contribution in [-0.2, 0) is 0 Å². The molecule has 0 aliphatic carbocycles. The second-order valence-electron chi connectivity index (χ2n) is 4.00. The normalized spacial score (nSPS) is 11.1. The minimum absolute atomic E-state index is 0.101. The summed E-state index contributed by atoms with van der Waals surface area (Å²) in [5, 5.41) is 21.7. The van der Waals surface area contributed by atoms with Crippen molar-refractivity contribution in [2.24, 2.45) is 0 Å². The molecule has 2 aromatic rings. The van der Waals surface area contributed by atoms with E-state index in [4.69, 9.17) is 0 Å². The van der Waals surface area contributed by atoms with Crippen molar-refractivity contribution in [2.45, 2.75) is 0 Å². The highest BCUT2D eigenvalue weighted by Gasteiger charge is 2.15. The average Bonchev–Trinajstić information content (AvgIpc) is 2.45. The Kier molecular flexibility index (Phi) is 3.85. The molecule has 0 aliphatic heterocycles. The molecule has 6 nitrogen and oxygen atoms in total. The summed E-state index contributed by atoms with van der Waals surface area (Å²) in [4.78, 5) is 20.6. The largest absolute Gasteiger partial charge is 0.277 e. The summed E-state index contributed by atoms with van der Waals surface area (Å²) >= 11 is 0. The van der Waals surface area contributed by atoms with Crippen molar-refractivity contribution in [2.75, 3.05) is 0 Å². The summed E-state index contributed by atoms with van der Waals surface area (Å²) in [7, 11) is 0. The fourth-order valence-corrected chi connectivity index (χ4v) is 1.70. The molecular weight excluding hydrogens is 260 g/mol. The van der Waals surface area contributed by atoms with Crippen molar-refractivity contribution >= 4 is 17.5 Å². The molecule has 0 spiro atoms. The number of nitro groups is 2. The van der Waals surface area contributed by atoms with Crippen LogP contribution in [0.5, 0.6) is 0 Å². The predicted molar refractivity (Wildman–Crippen MR) is 74.4 cm³/mol. The van der Waals surface area contributed by atoms with Gasteiger partial charge in [0.25, 0.3) is 11.4 Å². The quantitative estimate of drug-likeness (QED) is 0.484. The van der Waals surface area contributed by atoms with Crippen molar-refractivity contribution in [1.82, 2.24) is 0 Å². The second kappa shape index (κ2) is 5.75. The molecule has 20 heavy (non-hydrogen) atoms. The van der Waals surface area contributed by atoms with Gasteiger partial charge in [-0.2, -0.15) is 0 Å². The molecule has 0 saturated heterocycles. The highest BCUT2D eigenvalue weighted by Crippen LogP contribution is 2.21. The van der Waals surface area contributed by atoms with E-state index in [2.05, 4.69) is 0 Å². The predicted octanol–water partition coefficient (Wildman–Crippen LogP) is 3.37. The Bertz CT molecular complexity index is 663. The van der Waals surface area contributed by atoms with E-state index in [1.807, 2.05) is 6.07 Å². The van der Waals surface area contributed by atoms with Gasteiger partial charge in [0.05, 0.1) is 15.4 Å². The van der Waals surface area contributed by atoms with Crippen molar-refractivity contribution < 1.29 is 9.85 Å². The van der Waals surface area contributed by atoms with Crippen LogP contribution in [-0.4, -0.2) is 9.85 Å². The van der Waals surface area contributed by atoms with Gasteiger partial charge in [-0.25, -0.2) is 0 Å². The SMILES string of the molecule is O=[N+]([O-])/C(=C\c1ccccc1)c1ccc([N+](=O)[O-])cc1. The van der Waals surface area contributed by atoms with Gasteiger partial charge in [-0.05, 0) is 17.7 Å². The molecule has 0 N–H and O–H groups in total. The molecule has 2 rings (SSSR count). The number of non-ortho nitro benzene ring substituents is 1. The molecule has 0 unspecified atom stereocenters. The smallest absolute Gasteiger partial charge is 0.258 e. The zero-order chi connectivity index (χ0) is 14.5. The lowest BCUT2D eigenvalue weighted by molar-refractivity contribution is -0.385. The van der Waals surface area contributed by atoms with Crippen LogP contribution in [0.2, 0.25) is 0 Å². The van der Waals surface area contributed by atoms with Crippen LogP contribution in [0.3, 0.4) is 0 Å². The first-order valence-electron chi connectivity index (χ1n) is 5.74. The van der Waals surface area contributed by atoms with Gasteiger partial charge in [-0.1, -0.05) is 30.3 Å². The van der Waals surface area contributed by atoms with Gasteiger partial charge < -0.3 is 0 Å². The first-order valence-corrected chi connectivity index (χ1v) is 5.74. The zero-order valence-corrected chi connectivity index (χ0v) is 10.3. The maximum absolute atomic E-state index is 11.1. The highest BCUT2D eigenvalue weighted by atomic mass is 16.6. The number of hydrogen-bond acceptors (Lipinski definition) is 4. The van der Waals surface area contributed by atoms with E-state index >= 15 is 0 Å². The topological polar surface area (TPSA) is 86.3 Å². The number of hydrogen-bond donors (Lipinski definition) is 0. The molecule has 0 aliphatic rings. The lowest BCUT2D eigenvalue weighted by Gasteiger charge is -1.99. The Hall–Kier alpha value is -3.02. The third kappa shape index (κ3) is 3.05. The van der Waals surface area contributed by atoms with Gasteiger partial charge >= 0.3 is 0 Å². The first kappa shape index (κ1) is 13.4. The number of nitrogens with zero attached hydrogens (tertiary/aromatic N) is 2. The van der Waals surface area contributed by atoms with Crippen LogP contribution in [0.25, 0.3) is 11.8 Å². The van der Waals surface area contributed by atoms with Crippen LogP contribution in [0, 0.1) is 20.2 Å². The van der Waals surface area contributed by atoms with Crippen LogP contribution in [0.4, 0.5) is 5.69 Å². The van der Waals surface area contributed by atoms with Gasteiger partial charge in [0.15, 0.2) is 0 Å². The maximum Gasteiger partial charge on any atom is 0.277 e. The number of benzene rings is 2. The number of nitro benzene ring substituents is 1. The van der Waals surface area contributed by atoms with Crippen LogP contribution >= 0.6 is 0 Å². The van der Waals surface area contributed by atoms with E-state index in [9.17, 15) is 20.2 Å². The van der Waals surface area contributed by atoms with Crippen molar-refractivity contribution in [1.29, 1.82) is 0 Å². The molecule has 0 atom stereocenters. The molecule has 0 aromatic heterocycles. The molecule has 0 heterocycles. The lowest BCUT2D eigenvalue weighted by Crippen LogP contribution is -1.98.